The first-order chi connectivity index (χ1) is 18.4. The number of halogens is 2. The molecule has 1 amide bonds. The van der Waals surface area contributed by atoms with Gasteiger partial charge in [-0.3, -0.25) is 9.69 Å². The van der Waals surface area contributed by atoms with E-state index in [1.54, 1.807) is 18.2 Å². The molecule has 0 saturated carbocycles. The minimum Gasteiger partial charge on any atom is -0.392 e. The highest BCUT2D eigenvalue weighted by atomic mass is 35.5. The summed E-state index contributed by atoms with van der Waals surface area (Å²) in [5.41, 5.74) is 3.36. The van der Waals surface area contributed by atoms with E-state index in [-0.39, 0.29) is 31.3 Å². The molecule has 0 radical (unpaired) electrons. The van der Waals surface area contributed by atoms with Crippen LogP contribution >= 0.6 is 23.2 Å². The van der Waals surface area contributed by atoms with Crippen molar-refractivity contribution < 1.29 is 14.6 Å². The van der Waals surface area contributed by atoms with Crippen LogP contribution in [0, 0.1) is 0 Å². The number of carbonyl (C=O) groups excluding carboxylic acids is 1. The maximum Gasteiger partial charge on any atom is 0.265 e. The first-order valence-corrected chi connectivity index (χ1v) is 13.1. The summed E-state index contributed by atoms with van der Waals surface area (Å²) >= 11 is 12.7. The SMILES string of the molecule is CN1CN(c2c(Cl)cccc2Cl)C(=O)c2cnc(Nc3ccc(N4CC5COCC(C4)N5)c(CO)c3)nc21. The van der Waals surface area contributed by atoms with Crippen LogP contribution in [0.2, 0.25) is 10.0 Å². The smallest absolute Gasteiger partial charge is 0.265 e. The molecule has 10 nitrogen and oxygen atoms in total. The number of amides is 1. The quantitative estimate of drug-likeness (QED) is 0.437. The van der Waals surface area contributed by atoms with Crippen molar-refractivity contribution in [3.05, 3.63) is 63.8 Å². The lowest BCUT2D eigenvalue weighted by Crippen LogP contribution is -2.63. The fourth-order valence-corrected chi connectivity index (χ4v) is 5.91. The molecule has 12 heteroatoms. The zero-order valence-electron chi connectivity index (χ0n) is 20.7. The normalized spacial score (nSPS) is 20.9. The molecule has 3 aromatic rings. The fourth-order valence-electron chi connectivity index (χ4n) is 5.31. The summed E-state index contributed by atoms with van der Waals surface area (Å²) in [5.74, 6) is 0.566. The maximum atomic E-state index is 13.3. The van der Waals surface area contributed by atoms with Gasteiger partial charge in [0.25, 0.3) is 5.91 Å². The summed E-state index contributed by atoms with van der Waals surface area (Å²) in [4.78, 5) is 28.0. The number of hydrogen-bond donors (Lipinski definition) is 3. The number of benzene rings is 2. The van der Waals surface area contributed by atoms with Crippen LogP contribution in [-0.2, 0) is 11.3 Å². The average molecular weight is 556 g/mol. The van der Waals surface area contributed by atoms with Gasteiger partial charge in [0.1, 0.15) is 11.4 Å². The molecule has 0 aliphatic carbocycles. The van der Waals surface area contributed by atoms with E-state index in [2.05, 4.69) is 25.5 Å². The average Bonchev–Trinajstić information content (AvgIpc) is 2.91. The second kappa shape index (κ2) is 10.2. The van der Waals surface area contributed by atoms with E-state index >= 15 is 0 Å². The summed E-state index contributed by atoms with van der Waals surface area (Å²) < 4.78 is 5.65. The number of fused-ring (bicyclic) bond motifs is 3. The van der Waals surface area contributed by atoms with Crippen molar-refractivity contribution in [3.63, 3.8) is 0 Å². The number of anilines is 5. The third kappa shape index (κ3) is 4.63. The molecule has 0 spiro atoms. The van der Waals surface area contributed by atoms with Crippen molar-refractivity contribution in [3.8, 4) is 0 Å². The predicted molar refractivity (Wildman–Crippen MR) is 148 cm³/mol. The number of carbonyl (C=O) groups is 1. The van der Waals surface area contributed by atoms with E-state index < -0.39 is 0 Å². The largest absolute Gasteiger partial charge is 0.392 e. The molecule has 2 aromatic carbocycles. The second-order valence-electron chi connectivity index (χ2n) is 9.70. The third-order valence-corrected chi connectivity index (χ3v) is 7.61. The lowest BCUT2D eigenvalue weighted by molar-refractivity contribution is 0.0375. The van der Waals surface area contributed by atoms with Crippen LogP contribution in [0.25, 0.3) is 0 Å². The number of aliphatic hydroxyl groups is 1. The van der Waals surface area contributed by atoms with E-state index in [1.807, 2.05) is 30.1 Å². The van der Waals surface area contributed by atoms with Crippen LogP contribution in [0.15, 0.2) is 42.6 Å². The molecule has 38 heavy (non-hydrogen) atoms. The predicted octanol–water partition coefficient (Wildman–Crippen LogP) is 3.25. The van der Waals surface area contributed by atoms with Crippen LogP contribution < -0.4 is 25.3 Å². The van der Waals surface area contributed by atoms with Crippen molar-refractivity contribution in [2.75, 3.05) is 60.0 Å². The van der Waals surface area contributed by atoms with Gasteiger partial charge in [-0.05, 0) is 30.3 Å². The van der Waals surface area contributed by atoms with Crippen LogP contribution in [-0.4, -0.2) is 73.1 Å². The highest BCUT2D eigenvalue weighted by molar-refractivity contribution is 6.40. The molecule has 2 saturated heterocycles. The van der Waals surface area contributed by atoms with Crippen molar-refractivity contribution in [2.45, 2.75) is 18.7 Å². The van der Waals surface area contributed by atoms with E-state index in [1.165, 1.54) is 11.1 Å². The third-order valence-electron chi connectivity index (χ3n) is 7.00. The standard InChI is InChI=1S/C26H27Cl2N7O3/c1-33-14-35(23-20(27)3-2-4-21(23)28)25(37)19-8-29-26(32-24(19)33)31-16-5-6-22(15(7-16)11-36)34-9-17-12-38-13-18(10-34)30-17/h2-8,17-18,30,36H,9-14H2,1H3,(H,29,31,32). The lowest BCUT2D eigenvalue weighted by atomic mass is 10.0. The van der Waals surface area contributed by atoms with Crippen molar-refractivity contribution in [1.29, 1.82) is 0 Å². The molecule has 6 rings (SSSR count). The minimum atomic E-state index is -0.280. The summed E-state index contributed by atoms with van der Waals surface area (Å²) in [7, 11) is 1.84. The second-order valence-corrected chi connectivity index (χ2v) is 10.5. The molecule has 2 fully saturated rings. The number of aliphatic hydroxyl groups excluding tert-OH is 1. The van der Waals surface area contributed by atoms with Gasteiger partial charge in [0.05, 0.1) is 42.2 Å². The number of nitrogens with zero attached hydrogens (tertiary/aromatic N) is 5. The number of ether oxygens (including phenoxy) is 1. The first-order valence-electron chi connectivity index (χ1n) is 12.3. The molecule has 3 N–H and O–H groups in total. The van der Waals surface area contributed by atoms with Crippen LogP contribution in [0.4, 0.5) is 28.8 Å². The van der Waals surface area contributed by atoms with E-state index in [0.717, 1.165) is 30.0 Å². The highest BCUT2D eigenvalue weighted by Gasteiger charge is 2.33. The van der Waals surface area contributed by atoms with E-state index in [0.29, 0.717) is 46.3 Å². The Bertz CT molecular complexity index is 1360. The number of hydrogen-bond acceptors (Lipinski definition) is 9. The number of rotatable bonds is 5. The molecule has 2 bridgehead atoms. The lowest BCUT2D eigenvalue weighted by Gasteiger charge is -2.43. The molecule has 3 aliphatic rings. The van der Waals surface area contributed by atoms with Gasteiger partial charge in [0.2, 0.25) is 5.95 Å². The van der Waals surface area contributed by atoms with E-state index in [9.17, 15) is 9.90 Å². The van der Waals surface area contributed by atoms with Crippen LogP contribution in [0.1, 0.15) is 15.9 Å². The number of para-hydroxylation sites is 1. The molecule has 4 heterocycles. The summed E-state index contributed by atoms with van der Waals surface area (Å²) in [6.07, 6.45) is 1.50. The van der Waals surface area contributed by atoms with Gasteiger partial charge in [-0.2, -0.15) is 4.98 Å². The Morgan fingerprint density at radius 3 is 2.61 bits per heavy atom. The Labute approximate surface area is 230 Å². The zero-order chi connectivity index (χ0) is 26.4. The van der Waals surface area contributed by atoms with Crippen molar-refractivity contribution in [1.82, 2.24) is 15.3 Å². The Balaban J connectivity index is 1.23. The van der Waals surface area contributed by atoms with Gasteiger partial charge in [0.15, 0.2) is 0 Å². The molecular weight excluding hydrogens is 529 g/mol. The van der Waals surface area contributed by atoms with Gasteiger partial charge in [-0.1, -0.05) is 29.3 Å². The monoisotopic (exact) mass is 555 g/mol. The highest BCUT2D eigenvalue weighted by Crippen LogP contribution is 2.37. The number of nitrogens with one attached hydrogen (secondary N) is 2. The molecule has 3 aliphatic heterocycles. The Morgan fingerprint density at radius 2 is 1.89 bits per heavy atom. The first kappa shape index (κ1) is 25.1. The summed E-state index contributed by atoms with van der Waals surface area (Å²) in [6.45, 7) is 3.16. The molecule has 2 atom stereocenters. The Morgan fingerprint density at radius 1 is 1.16 bits per heavy atom. The molecule has 2 unspecified atom stereocenters. The number of piperazine rings is 1. The Kier molecular flexibility index (Phi) is 6.75. The zero-order valence-corrected chi connectivity index (χ0v) is 22.2. The molecular formula is C26H27Cl2N7O3. The Hall–Kier alpha value is -3.15. The van der Waals surface area contributed by atoms with Gasteiger partial charge in [-0.15, -0.1) is 0 Å². The number of morpholine rings is 1. The van der Waals surface area contributed by atoms with Crippen LogP contribution in [0.3, 0.4) is 0 Å². The maximum absolute atomic E-state index is 13.3. The van der Waals surface area contributed by atoms with Gasteiger partial charge in [-0.25, -0.2) is 4.98 Å². The summed E-state index contributed by atoms with van der Waals surface area (Å²) in [5, 5.41) is 17.7. The molecule has 1 aromatic heterocycles. The topological polar surface area (TPSA) is 106 Å². The summed E-state index contributed by atoms with van der Waals surface area (Å²) in [6, 6.07) is 11.5. The van der Waals surface area contributed by atoms with Gasteiger partial charge in [0, 0.05) is 55.4 Å². The van der Waals surface area contributed by atoms with E-state index in [4.69, 9.17) is 27.9 Å². The molecule has 198 valence electrons. The van der Waals surface area contributed by atoms with Crippen molar-refractivity contribution in [2.24, 2.45) is 0 Å². The van der Waals surface area contributed by atoms with Gasteiger partial charge < -0.3 is 30.3 Å². The minimum absolute atomic E-state index is 0.0939. The van der Waals surface area contributed by atoms with Crippen LogP contribution in [0.5, 0.6) is 0 Å². The van der Waals surface area contributed by atoms with Gasteiger partial charge >= 0.3 is 0 Å². The fraction of sp³-hybridized carbons (Fsp3) is 0.346. The number of aromatic nitrogens is 2. The van der Waals surface area contributed by atoms with Crippen molar-refractivity contribution >= 4 is 57.9 Å².